The Kier molecular flexibility index (Phi) is 19.8. The lowest BCUT2D eigenvalue weighted by molar-refractivity contribution is -0.118. The summed E-state index contributed by atoms with van der Waals surface area (Å²) in [5.74, 6) is 0.126. The topological polar surface area (TPSA) is 103 Å². The second-order valence-electron chi connectivity index (χ2n) is 3.86. The van der Waals surface area contributed by atoms with Crippen LogP contribution in [-0.4, -0.2) is 65.2 Å². The summed E-state index contributed by atoms with van der Waals surface area (Å²) in [4.78, 5) is 13.2. The lowest BCUT2D eigenvalue weighted by Crippen LogP contribution is -2.13. The van der Waals surface area contributed by atoms with Gasteiger partial charge in [-0.25, -0.2) is 0 Å². The molecule has 0 heterocycles. The van der Waals surface area contributed by atoms with Crippen molar-refractivity contribution in [3.63, 3.8) is 0 Å². The van der Waals surface area contributed by atoms with Crippen LogP contribution in [0.25, 0.3) is 10.4 Å². The van der Waals surface area contributed by atoms with Crippen molar-refractivity contribution in [1.29, 1.82) is 0 Å². The van der Waals surface area contributed by atoms with Crippen LogP contribution in [0.5, 0.6) is 0 Å². The van der Waals surface area contributed by atoms with Crippen molar-refractivity contribution in [1.82, 2.24) is 0 Å². The normalized spacial score (nSPS) is 9.76. The van der Waals surface area contributed by atoms with Gasteiger partial charge in [-0.3, -0.25) is 4.79 Å². The summed E-state index contributed by atoms with van der Waals surface area (Å²) in [6.45, 7) is 5.64. The molecule has 0 aromatic heterocycles. The number of rotatable bonds is 15. The van der Waals surface area contributed by atoms with E-state index in [1.54, 1.807) is 0 Å². The van der Waals surface area contributed by atoms with Crippen LogP contribution in [0.15, 0.2) is 5.11 Å². The monoisotopic (exact) mass is 305 g/mol. The molecule has 0 aliphatic heterocycles. The molecule has 0 aliphatic carbocycles. The summed E-state index contributed by atoms with van der Waals surface area (Å²) in [5.41, 5.74) is 8.02. The van der Waals surface area contributed by atoms with E-state index in [1.807, 2.05) is 0 Å². The first-order valence-corrected chi connectivity index (χ1v) is 6.58. The second-order valence-corrected chi connectivity index (χ2v) is 3.86. The fraction of sp³-hybridized carbons (Fsp3) is 0.923. The van der Waals surface area contributed by atoms with E-state index in [2.05, 4.69) is 10.0 Å². The van der Waals surface area contributed by atoms with E-state index in [0.717, 1.165) is 0 Å². The van der Waals surface area contributed by atoms with Crippen molar-refractivity contribution < 1.29 is 23.7 Å². The molecule has 124 valence electrons. The third-order valence-electron chi connectivity index (χ3n) is 2.11. The molecular formula is C13H27N3O5. The number of ether oxygens (including phenoxy) is 4. The first-order chi connectivity index (χ1) is 9.77. The van der Waals surface area contributed by atoms with Gasteiger partial charge in [-0.2, -0.15) is 0 Å². The summed E-state index contributed by atoms with van der Waals surface area (Å²) in [5, 5.41) is 3.33. The van der Waals surface area contributed by atoms with Gasteiger partial charge < -0.3 is 18.9 Å². The third-order valence-corrected chi connectivity index (χ3v) is 2.11. The first kappa shape index (κ1) is 22.1. The van der Waals surface area contributed by atoms with Crippen molar-refractivity contribution in [3.8, 4) is 0 Å². The van der Waals surface area contributed by atoms with Gasteiger partial charge in [0.1, 0.15) is 5.78 Å². The van der Waals surface area contributed by atoms with Gasteiger partial charge in [0.05, 0.1) is 52.9 Å². The average molecular weight is 305 g/mol. The number of carbonyl (C=O) groups excluding carboxylic acids is 1. The molecule has 0 aromatic rings. The van der Waals surface area contributed by atoms with Crippen molar-refractivity contribution in [2.45, 2.75) is 20.8 Å². The van der Waals surface area contributed by atoms with Gasteiger partial charge in [0.15, 0.2) is 0 Å². The predicted octanol–water partition coefficient (Wildman–Crippen LogP) is 1.98. The average Bonchev–Trinajstić information content (AvgIpc) is 2.43. The Morgan fingerprint density at radius 2 is 1.33 bits per heavy atom. The zero-order valence-corrected chi connectivity index (χ0v) is 12.0. The van der Waals surface area contributed by atoms with Crippen LogP contribution >= 0.6 is 0 Å². The Hall–Kier alpha value is -1.18. The molecule has 0 bridgehead atoms. The van der Waals surface area contributed by atoms with Gasteiger partial charge in [0.25, 0.3) is 0 Å². The molecular weight excluding hydrogens is 278 g/mol. The lowest BCUT2D eigenvalue weighted by Gasteiger charge is -2.06. The molecule has 0 radical (unpaired) electrons. The molecule has 0 saturated carbocycles. The van der Waals surface area contributed by atoms with E-state index in [4.69, 9.17) is 24.5 Å². The number of carbonyl (C=O) groups is 1. The third kappa shape index (κ3) is 21.3. The lowest BCUT2D eigenvalue weighted by atomic mass is 10.3. The van der Waals surface area contributed by atoms with Crippen LogP contribution in [0, 0.1) is 0 Å². The maximum absolute atomic E-state index is 10.6. The Bertz CT molecular complexity index is 269. The second kappa shape index (κ2) is 18.8. The van der Waals surface area contributed by atoms with Gasteiger partial charge in [-0.05, 0) is 12.5 Å². The van der Waals surface area contributed by atoms with E-state index >= 15 is 0 Å². The van der Waals surface area contributed by atoms with Crippen molar-refractivity contribution in [2.24, 2.45) is 5.11 Å². The molecule has 0 fully saturated rings. The molecule has 0 aliphatic rings. The fourth-order valence-corrected chi connectivity index (χ4v) is 1.13. The fourth-order valence-electron chi connectivity index (χ4n) is 1.13. The summed E-state index contributed by atoms with van der Waals surface area (Å²) in [6, 6.07) is 0. The molecule has 0 spiro atoms. The smallest absolute Gasteiger partial charge is 0.132 e. The SMILES string of the molecule is C.CC(=O)CCOCCOCCOCCOCCN=[N+]=[N-]. The quantitative estimate of drug-likeness (QED) is 0.199. The number of nitrogens with zero attached hydrogens (tertiary/aromatic N) is 3. The number of ketones is 1. The van der Waals surface area contributed by atoms with E-state index in [1.165, 1.54) is 6.92 Å². The highest BCUT2D eigenvalue weighted by molar-refractivity contribution is 5.75. The van der Waals surface area contributed by atoms with Gasteiger partial charge >= 0.3 is 0 Å². The Labute approximate surface area is 126 Å². The standard InChI is InChI=1S/C12H23N3O5.CH4/c1-12(16)2-4-17-6-8-19-10-11-20-9-7-18-5-3-14-15-13;/h2-11H2,1H3;1H4. The highest BCUT2D eigenvalue weighted by atomic mass is 16.6. The minimum Gasteiger partial charge on any atom is -0.379 e. The molecule has 21 heavy (non-hydrogen) atoms. The van der Waals surface area contributed by atoms with Gasteiger partial charge in [-0.1, -0.05) is 12.5 Å². The van der Waals surface area contributed by atoms with Crippen molar-refractivity contribution in [2.75, 3.05) is 59.4 Å². The molecule has 0 aromatic carbocycles. The molecule has 0 N–H and O–H groups in total. The van der Waals surface area contributed by atoms with E-state index < -0.39 is 0 Å². The van der Waals surface area contributed by atoms with Crippen LogP contribution in [-0.2, 0) is 23.7 Å². The van der Waals surface area contributed by atoms with Gasteiger partial charge in [0, 0.05) is 17.9 Å². The Morgan fingerprint density at radius 1 is 0.905 bits per heavy atom. The summed E-state index contributed by atoms with van der Waals surface area (Å²) < 4.78 is 20.9. The molecule has 8 heteroatoms. The van der Waals surface area contributed by atoms with Crippen molar-refractivity contribution in [3.05, 3.63) is 10.4 Å². The van der Waals surface area contributed by atoms with Crippen LogP contribution in [0.3, 0.4) is 0 Å². The maximum Gasteiger partial charge on any atom is 0.132 e. The number of Topliss-reactive ketones (excluding diaryl/α,β-unsaturated/α-hetero) is 1. The Morgan fingerprint density at radius 3 is 1.76 bits per heavy atom. The van der Waals surface area contributed by atoms with Gasteiger partial charge in [-0.15, -0.1) is 0 Å². The molecule has 0 atom stereocenters. The molecule has 8 nitrogen and oxygen atoms in total. The Balaban J connectivity index is 0. The van der Waals surface area contributed by atoms with E-state index in [9.17, 15) is 4.79 Å². The van der Waals surface area contributed by atoms with Crippen molar-refractivity contribution >= 4 is 5.78 Å². The van der Waals surface area contributed by atoms with Crippen LogP contribution < -0.4 is 0 Å². The number of azide groups is 1. The summed E-state index contributed by atoms with van der Waals surface area (Å²) in [7, 11) is 0. The number of hydrogen-bond acceptors (Lipinski definition) is 6. The highest BCUT2D eigenvalue weighted by Gasteiger charge is 1.94. The highest BCUT2D eigenvalue weighted by Crippen LogP contribution is 1.86. The molecule has 0 unspecified atom stereocenters. The van der Waals surface area contributed by atoms with E-state index in [0.29, 0.717) is 65.8 Å². The van der Waals surface area contributed by atoms with Crippen LogP contribution in [0.4, 0.5) is 0 Å². The van der Waals surface area contributed by atoms with E-state index in [-0.39, 0.29) is 13.2 Å². The van der Waals surface area contributed by atoms with Crippen LogP contribution in [0.1, 0.15) is 20.8 Å². The summed E-state index contributed by atoms with van der Waals surface area (Å²) in [6.07, 6.45) is 0.447. The van der Waals surface area contributed by atoms with Gasteiger partial charge in [0.2, 0.25) is 0 Å². The minimum absolute atomic E-state index is 0. The van der Waals surface area contributed by atoms with Crippen LogP contribution in [0.2, 0.25) is 0 Å². The zero-order chi connectivity index (χ0) is 14.9. The molecule has 0 amide bonds. The largest absolute Gasteiger partial charge is 0.379 e. The first-order valence-electron chi connectivity index (χ1n) is 6.58. The summed E-state index contributed by atoms with van der Waals surface area (Å²) >= 11 is 0. The molecule has 0 rings (SSSR count). The number of hydrogen-bond donors (Lipinski definition) is 0. The zero-order valence-electron chi connectivity index (χ0n) is 12.0. The minimum atomic E-state index is 0. The molecule has 0 saturated heterocycles. The maximum atomic E-state index is 10.6. The predicted molar refractivity (Wildman–Crippen MR) is 79.3 cm³/mol.